The first-order valence-corrected chi connectivity index (χ1v) is 9.42. The summed E-state index contributed by atoms with van der Waals surface area (Å²) in [7, 11) is 0. The Morgan fingerprint density at radius 2 is 1.72 bits per heavy atom. The Bertz CT molecular complexity index is 671. The highest BCUT2D eigenvalue weighted by Crippen LogP contribution is 2.33. The highest BCUT2D eigenvalue weighted by Gasteiger charge is 2.34. The molecule has 2 unspecified atom stereocenters. The molecule has 2 aromatic carbocycles. The van der Waals surface area contributed by atoms with Crippen molar-refractivity contribution in [3.05, 3.63) is 66.2 Å². The quantitative estimate of drug-likeness (QED) is 0.767. The lowest BCUT2D eigenvalue weighted by atomic mass is 9.87. The molecule has 2 atom stereocenters. The van der Waals surface area contributed by atoms with Crippen LogP contribution in [0.15, 0.2) is 60.7 Å². The van der Waals surface area contributed by atoms with E-state index in [9.17, 15) is 4.79 Å². The average molecular weight is 336 g/mol. The van der Waals surface area contributed by atoms with E-state index in [1.54, 1.807) is 0 Å². The summed E-state index contributed by atoms with van der Waals surface area (Å²) < 4.78 is 0. The number of para-hydroxylation sites is 1. The Kier molecular flexibility index (Phi) is 5.87. The van der Waals surface area contributed by atoms with Crippen molar-refractivity contribution in [2.45, 2.75) is 51.5 Å². The van der Waals surface area contributed by atoms with Gasteiger partial charge in [-0.15, -0.1) is 0 Å². The topological polar surface area (TPSA) is 23.6 Å². The molecule has 0 N–H and O–H groups in total. The minimum Gasteiger partial charge on any atom is -0.273 e. The predicted octanol–water partition coefficient (Wildman–Crippen LogP) is 5.00. The van der Waals surface area contributed by atoms with Crippen molar-refractivity contribution in [3.8, 4) is 0 Å². The summed E-state index contributed by atoms with van der Waals surface area (Å²) in [5.41, 5.74) is 2.32. The van der Waals surface area contributed by atoms with E-state index in [2.05, 4.69) is 42.3 Å². The van der Waals surface area contributed by atoms with Crippen molar-refractivity contribution in [2.75, 3.05) is 11.6 Å². The van der Waals surface area contributed by atoms with E-state index in [4.69, 9.17) is 0 Å². The molecular formula is C22H28N2O. The van der Waals surface area contributed by atoms with Gasteiger partial charge in [0.05, 0.1) is 5.69 Å². The lowest BCUT2D eigenvalue weighted by Crippen LogP contribution is -2.55. The van der Waals surface area contributed by atoms with Gasteiger partial charge in [0.1, 0.15) is 0 Å². The number of piperidine rings is 1. The fourth-order valence-corrected chi connectivity index (χ4v) is 3.83. The molecule has 1 aliphatic rings. The largest absolute Gasteiger partial charge is 0.273 e. The van der Waals surface area contributed by atoms with Gasteiger partial charge < -0.3 is 0 Å². The third-order valence-corrected chi connectivity index (χ3v) is 5.22. The molecule has 132 valence electrons. The van der Waals surface area contributed by atoms with Crippen LogP contribution in [0.1, 0.15) is 51.0 Å². The molecule has 3 heteroatoms. The Morgan fingerprint density at radius 1 is 1.08 bits per heavy atom. The molecule has 3 nitrogen and oxygen atoms in total. The van der Waals surface area contributed by atoms with Gasteiger partial charge in [0.2, 0.25) is 5.91 Å². The molecule has 3 rings (SSSR count). The number of hydrogen-bond donors (Lipinski definition) is 0. The summed E-state index contributed by atoms with van der Waals surface area (Å²) in [6.07, 6.45) is 3.99. The minimum atomic E-state index is 0.165. The number of rotatable bonds is 5. The highest BCUT2D eigenvalue weighted by atomic mass is 16.2. The molecule has 1 fully saturated rings. The average Bonchev–Trinajstić information content (AvgIpc) is 2.69. The van der Waals surface area contributed by atoms with Crippen LogP contribution < -0.4 is 5.01 Å². The van der Waals surface area contributed by atoms with E-state index in [0.29, 0.717) is 18.4 Å². The zero-order chi connectivity index (χ0) is 17.6. The van der Waals surface area contributed by atoms with E-state index in [-0.39, 0.29) is 5.91 Å². The third kappa shape index (κ3) is 3.93. The van der Waals surface area contributed by atoms with Crippen molar-refractivity contribution in [3.63, 3.8) is 0 Å². The van der Waals surface area contributed by atoms with Gasteiger partial charge in [0, 0.05) is 19.0 Å². The number of benzene rings is 2. The van der Waals surface area contributed by atoms with Crippen LogP contribution in [0.3, 0.4) is 0 Å². The number of carbonyl (C=O) groups is 1. The summed E-state index contributed by atoms with van der Waals surface area (Å²) in [6.45, 7) is 5.16. The number of nitrogens with zero attached hydrogens (tertiary/aromatic N) is 2. The zero-order valence-electron chi connectivity index (χ0n) is 15.3. The van der Waals surface area contributed by atoms with Crippen LogP contribution in [0, 0.1) is 0 Å². The lowest BCUT2D eigenvalue weighted by Gasteiger charge is -2.45. The SMILES string of the molecule is CCC(=O)N(c1ccccc1)N1CCCCC1C(C)c1ccccc1. The molecule has 1 amide bonds. The van der Waals surface area contributed by atoms with E-state index in [0.717, 1.165) is 25.1 Å². The van der Waals surface area contributed by atoms with Gasteiger partial charge in [-0.1, -0.05) is 68.8 Å². The summed E-state index contributed by atoms with van der Waals surface area (Å²) >= 11 is 0. The van der Waals surface area contributed by atoms with Gasteiger partial charge in [-0.05, 0) is 36.5 Å². The molecule has 0 saturated carbocycles. The van der Waals surface area contributed by atoms with E-state index < -0.39 is 0 Å². The molecular weight excluding hydrogens is 308 g/mol. The Hall–Kier alpha value is -2.13. The number of hydrazine groups is 1. The maximum atomic E-state index is 12.8. The minimum absolute atomic E-state index is 0.165. The molecule has 25 heavy (non-hydrogen) atoms. The second-order valence-electron chi connectivity index (χ2n) is 6.82. The van der Waals surface area contributed by atoms with Crippen molar-refractivity contribution < 1.29 is 4.79 Å². The second-order valence-corrected chi connectivity index (χ2v) is 6.82. The maximum Gasteiger partial charge on any atom is 0.241 e. The molecule has 1 saturated heterocycles. The van der Waals surface area contributed by atoms with Crippen molar-refractivity contribution in [2.24, 2.45) is 0 Å². The number of anilines is 1. The zero-order valence-corrected chi connectivity index (χ0v) is 15.3. The van der Waals surface area contributed by atoms with Gasteiger partial charge in [-0.3, -0.25) is 4.79 Å². The monoisotopic (exact) mass is 336 g/mol. The molecule has 1 heterocycles. The summed E-state index contributed by atoms with van der Waals surface area (Å²) in [5.74, 6) is 0.552. The fourth-order valence-electron chi connectivity index (χ4n) is 3.83. The molecule has 2 aromatic rings. The first kappa shape index (κ1) is 17.7. The second kappa shape index (κ2) is 8.30. The number of carbonyl (C=O) groups excluding carboxylic acids is 1. The fraction of sp³-hybridized carbons (Fsp3) is 0.409. The number of amides is 1. The van der Waals surface area contributed by atoms with Crippen molar-refractivity contribution in [1.29, 1.82) is 0 Å². The molecule has 0 bridgehead atoms. The Labute approximate surface area is 151 Å². The van der Waals surface area contributed by atoms with Crippen LogP contribution >= 0.6 is 0 Å². The number of hydrogen-bond acceptors (Lipinski definition) is 2. The first-order chi connectivity index (χ1) is 12.2. The Balaban J connectivity index is 1.93. The van der Waals surface area contributed by atoms with E-state index >= 15 is 0 Å². The van der Waals surface area contributed by atoms with Crippen LogP contribution in [0.2, 0.25) is 0 Å². The molecule has 0 radical (unpaired) electrons. The standard InChI is InChI=1S/C22H28N2O/c1-3-22(25)24(20-14-8-5-9-15-20)23-17-11-10-16-21(23)18(2)19-12-6-4-7-13-19/h4-9,12-15,18,21H,3,10-11,16-17H2,1-2H3. The van der Waals surface area contributed by atoms with Crippen LogP contribution in [-0.4, -0.2) is 23.5 Å². The third-order valence-electron chi connectivity index (χ3n) is 5.22. The van der Waals surface area contributed by atoms with E-state index in [1.807, 2.05) is 42.3 Å². The summed E-state index contributed by atoms with van der Waals surface area (Å²) in [5, 5.41) is 4.26. The normalized spacial score (nSPS) is 19.4. The van der Waals surface area contributed by atoms with E-state index in [1.165, 1.54) is 12.0 Å². The van der Waals surface area contributed by atoms with Gasteiger partial charge in [0.25, 0.3) is 0 Å². The smallest absolute Gasteiger partial charge is 0.241 e. The van der Waals surface area contributed by atoms with Gasteiger partial charge in [-0.25, -0.2) is 10.0 Å². The van der Waals surface area contributed by atoms with Crippen molar-refractivity contribution in [1.82, 2.24) is 5.01 Å². The van der Waals surface area contributed by atoms with Crippen LogP contribution in [0.4, 0.5) is 5.69 Å². The maximum absolute atomic E-state index is 12.8. The molecule has 0 aromatic heterocycles. The summed E-state index contributed by atoms with van der Waals surface area (Å²) in [6, 6.07) is 21.1. The molecule has 1 aliphatic heterocycles. The van der Waals surface area contributed by atoms with Gasteiger partial charge in [-0.2, -0.15) is 0 Å². The van der Waals surface area contributed by atoms with Crippen LogP contribution in [0.5, 0.6) is 0 Å². The summed E-state index contributed by atoms with van der Waals surface area (Å²) in [4.78, 5) is 12.8. The van der Waals surface area contributed by atoms with Gasteiger partial charge in [0.15, 0.2) is 0 Å². The van der Waals surface area contributed by atoms with Crippen LogP contribution in [0.25, 0.3) is 0 Å². The van der Waals surface area contributed by atoms with Crippen molar-refractivity contribution >= 4 is 11.6 Å². The molecule has 0 aliphatic carbocycles. The lowest BCUT2D eigenvalue weighted by molar-refractivity contribution is -0.122. The predicted molar refractivity (Wildman–Crippen MR) is 103 cm³/mol. The first-order valence-electron chi connectivity index (χ1n) is 9.42. The van der Waals surface area contributed by atoms with Gasteiger partial charge >= 0.3 is 0 Å². The highest BCUT2D eigenvalue weighted by molar-refractivity contribution is 5.92. The van der Waals surface area contributed by atoms with Crippen LogP contribution in [-0.2, 0) is 4.79 Å². The Morgan fingerprint density at radius 3 is 2.36 bits per heavy atom. The molecule has 0 spiro atoms.